The van der Waals surface area contributed by atoms with E-state index in [1.807, 2.05) is 0 Å². The van der Waals surface area contributed by atoms with Crippen molar-refractivity contribution in [3.63, 3.8) is 0 Å². The van der Waals surface area contributed by atoms with E-state index in [0.29, 0.717) is 10.6 Å². The Bertz CT molecular complexity index is 2030. The zero-order chi connectivity index (χ0) is 34.8. The normalized spacial score (nSPS) is 17.9. The Balaban J connectivity index is 1.33. The van der Waals surface area contributed by atoms with E-state index in [1.165, 1.54) is 60.5 Å². The SMILES string of the molecule is COc1ccc2cc1OCC(=O)NCc1cc(F)cc(c1)O[C@@H]1CCN(C(=O)c3nn(-c4ccc(Cl)cc4Cl)c(=O)cc3O)C[C@@H]1NC2=O. The lowest BCUT2D eigenvalue weighted by Crippen LogP contribution is -2.58. The Kier molecular flexibility index (Phi) is 9.60. The topological polar surface area (TPSA) is 161 Å². The maximum Gasteiger partial charge on any atom is 0.278 e. The summed E-state index contributed by atoms with van der Waals surface area (Å²) in [6.07, 6.45) is -0.581. The molecule has 1 fully saturated rings. The summed E-state index contributed by atoms with van der Waals surface area (Å²) in [7, 11) is 1.41. The van der Waals surface area contributed by atoms with Crippen molar-refractivity contribution in [2.45, 2.75) is 25.1 Å². The molecule has 16 heteroatoms. The summed E-state index contributed by atoms with van der Waals surface area (Å²) in [5, 5.41) is 20.7. The quantitative estimate of drug-likeness (QED) is 0.289. The lowest BCUT2D eigenvalue weighted by Gasteiger charge is -2.38. The smallest absolute Gasteiger partial charge is 0.278 e. The molecule has 3 aromatic carbocycles. The van der Waals surface area contributed by atoms with E-state index in [2.05, 4.69) is 15.7 Å². The van der Waals surface area contributed by atoms with Crippen LogP contribution in [0.15, 0.2) is 65.5 Å². The van der Waals surface area contributed by atoms with Gasteiger partial charge in [-0.15, -0.1) is 0 Å². The van der Waals surface area contributed by atoms with Gasteiger partial charge in [-0.3, -0.25) is 19.2 Å². The third-order valence-electron chi connectivity index (χ3n) is 7.90. The monoisotopic (exact) mass is 711 g/mol. The molecule has 2 atom stereocenters. The van der Waals surface area contributed by atoms with Crippen LogP contribution < -0.4 is 30.4 Å². The van der Waals surface area contributed by atoms with Gasteiger partial charge in [0.15, 0.2) is 29.5 Å². The van der Waals surface area contributed by atoms with E-state index >= 15 is 0 Å². The highest BCUT2D eigenvalue weighted by atomic mass is 35.5. The van der Waals surface area contributed by atoms with Crippen LogP contribution in [0, 0.1) is 5.82 Å². The number of hydrogen-bond acceptors (Lipinski definition) is 9. The molecule has 0 saturated carbocycles. The molecule has 4 aromatic rings. The molecule has 13 nitrogen and oxygen atoms in total. The van der Waals surface area contributed by atoms with E-state index in [1.54, 1.807) is 6.07 Å². The number of halogens is 3. The van der Waals surface area contributed by atoms with Gasteiger partial charge in [-0.2, -0.15) is 9.78 Å². The first-order valence-electron chi connectivity index (χ1n) is 14.9. The van der Waals surface area contributed by atoms with Gasteiger partial charge in [0, 0.05) is 48.8 Å². The summed E-state index contributed by atoms with van der Waals surface area (Å²) in [5.74, 6) is -2.48. The van der Waals surface area contributed by atoms with Gasteiger partial charge in [-0.25, -0.2) is 4.39 Å². The number of aromatic hydroxyl groups is 1. The number of benzene rings is 3. The number of aromatic nitrogens is 2. The zero-order valence-electron chi connectivity index (χ0n) is 25.7. The number of likely N-dealkylation sites (tertiary alicyclic amines) is 1. The van der Waals surface area contributed by atoms with Crippen molar-refractivity contribution >= 4 is 40.9 Å². The van der Waals surface area contributed by atoms with E-state index in [4.69, 9.17) is 37.4 Å². The van der Waals surface area contributed by atoms with E-state index < -0.39 is 59.3 Å². The fraction of sp³-hybridized carbons (Fsp3) is 0.242. The van der Waals surface area contributed by atoms with Crippen molar-refractivity contribution in [3.8, 4) is 28.7 Å². The highest BCUT2D eigenvalue weighted by molar-refractivity contribution is 6.35. The molecule has 2 aliphatic rings. The zero-order valence-corrected chi connectivity index (χ0v) is 27.3. The molecule has 1 saturated heterocycles. The molecule has 4 bridgehead atoms. The first-order valence-corrected chi connectivity index (χ1v) is 15.7. The molecule has 3 amide bonds. The minimum Gasteiger partial charge on any atom is -0.505 e. The molecule has 49 heavy (non-hydrogen) atoms. The summed E-state index contributed by atoms with van der Waals surface area (Å²) in [5.41, 5.74) is -0.463. The maximum atomic E-state index is 14.6. The number of piperidine rings is 1. The summed E-state index contributed by atoms with van der Waals surface area (Å²) >= 11 is 12.3. The number of rotatable bonds is 3. The van der Waals surface area contributed by atoms with E-state index in [-0.39, 0.29) is 59.6 Å². The van der Waals surface area contributed by atoms with Crippen molar-refractivity contribution in [1.29, 1.82) is 0 Å². The number of hydrogen-bond donors (Lipinski definition) is 3. The highest BCUT2D eigenvalue weighted by Crippen LogP contribution is 2.30. The lowest BCUT2D eigenvalue weighted by molar-refractivity contribution is -0.123. The van der Waals surface area contributed by atoms with Crippen molar-refractivity contribution in [3.05, 3.63) is 104 Å². The van der Waals surface area contributed by atoms with Crippen LogP contribution in [0.5, 0.6) is 23.0 Å². The van der Waals surface area contributed by atoms with Gasteiger partial charge in [0.2, 0.25) is 0 Å². The molecular weight excluding hydrogens is 684 g/mol. The molecule has 254 valence electrons. The Morgan fingerprint density at radius 2 is 1.90 bits per heavy atom. The van der Waals surface area contributed by atoms with Crippen LogP contribution in [0.3, 0.4) is 0 Å². The first-order chi connectivity index (χ1) is 23.5. The van der Waals surface area contributed by atoms with Crippen molar-refractivity contribution in [1.82, 2.24) is 25.3 Å². The van der Waals surface area contributed by atoms with Crippen LogP contribution in [0.2, 0.25) is 10.0 Å². The molecule has 1 aromatic heterocycles. The van der Waals surface area contributed by atoms with Crippen molar-refractivity contribution in [2.75, 3.05) is 26.8 Å². The molecule has 0 aliphatic carbocycles. The van der Waals surface area contributed by atoms with Gasteiger partial charge >= 0.3 is 0 Å². The molecule has 0 radical (unpaired) electrons. The van der Waals surface area contributed by atoms with Crippen molar-refractivity contribution < 1.29 is 38.1 Å². The average molecular weight is 713 g/mol. The standard InChI is InChI=1S/C33H28Cl2FN5O8/c1-47-27-5-2-18-10-28(27)48-16-29(43)37-14-17-8-20(36)12-21(9-17)49-26-6-7-40(15-23(26)38-32(18)45)33(46)31-25(42)13-30(44)41(39-31)24-4-3-19(34)11-22(24)35/h2-5,8-13,23,26,42H,6-7,14-16H2,1H3,(H,37,43)(H,38,45)/t23-,26+/m0/s1. The second-order valence-corrected chi connectivity index (χ2v) is 12.1. The number of methoxy groups -OCH3 is 1. The van der Waals surface area contributed by atoms with Crippen LogP contribution in [-0.4, -0.2) is 76.5 Å². The van der Waals surface area contributed by atoms with E-state index in [9.17, 15) is 28.7 Å². The fourth-order valence-electron chi connectivity index (χ4n) is 5.51. The summed E-state index contributed by atoms with van der Waals surface area (Å²) in [4.78, 5) is 54.0. The van der Waals surface area contributed by atoms with Gasteiger partial charge in [-0.05, 0) is 54.1 Å². The summed E-state index contributed by atoms with van der Waals surface area (Å²) in [6.45, 7) is -0.452. The fourth-order valence-corrected chi connectivity index (χ4v) is 6.00. The lowest BCUT2D eigenvalue weighted by atomic mass is 10.00. The van der Waals surface area contributed by atoms with Crippen LogP contribution >= 0.6 is 23.2 Å². The van der Waals surface area contributed by atoms with Gasteiger partial charge in [0.05, 0.1) is 23.9 Å². The molecule has 3 N–H and O–H groups in total. The second kappa shape index (κ2) is 14.0. The largest absolute Gasteiger partial charge is 0.505 e. The van der Waals surface area contributed by atoms with Crippen molar-refractivity contribution in [2.24, 2.45) is 0 Å². The second-order valence-electron chi connectivity index (χ2n) is 11.2. The summed E-state index contributed by atoms with van der Waals surface area (Å²) < 4.78 is 32.7. The molecule has 3 heterocycles. The third-order valence-corrected chi connectivity index (χ3v) is 8.44. The minimum atomic E-state index is -0.852. The average Bonchev–Trinajstić information content (AvgIpc) is 3.06. The first kappa shape index (κ1) is 33.6. The molecule has 6 rings (SSSR count). The van der Waals surface area contributed by atoms with Crippen LogP contribution in [0.1, 0.15) is 32.8 Å². The maximum absolute atomic E-state index is 14.6. The van der Waals surface area contributed by atoms with Gasteiger partial charge in [-0.1, -0.05) is 23.2 Å². The molecule has 0 spiro atoms. The predicted molar refractivity (Wildman–Crippen MR) is 174 cm³/mol. The van der Waals surface area contributed by atoms with Crippen LogP contribution in [0.25, 0.3) is 5.69 Å². The number of amides is 3. The third kappa shape index (κ3) is 7.39. The van der Waals surface area contributed by atoms with Gasteiger partial charge in [0.1, 0.15) is 17.7 Å². The van der Waals surface area contributed by atoms with Crippen LogP contribution in [0.4, 0.5) is 4.39 Å². The number of carbonyl (C=O) groups is 3. The number of ether oxygens (including phenoxy) is 3. The van der Waals surface area contributed by atoms with Crippen LogP contribution in [-0.2, 0) is 11.3 Å². The highest BCUT2D eigenvalue weighted by Gasteiger charge is 2.36. The Labute approximate surface area is 288 Å². The molecule has 0 unspecified atom stereocenters. The molecule has 2 aliphatic heterocycles. The Morgan fingerprint density at radius 1 is 1.08 bits per heavy atom. The number of fused-ring (bicyclic) bond motifs is 5. The summed E-state index contributed by atoms with van der Waals surface area (Å²) in [6, 6.07) is 12.8. The minimum absolute atomic E-state index is 0.0134. The number of carbonyl (C=O) groups excluding carboxylic acids is 3. The van der Waals surface area contributed by atoms with Gasteiger partial charge in [0.25, 0.3) is 23.3 Å². The van der Waals surface area contributed by atoms with Gasteiger partial charge < -0.3 is 34.9 Å². The Morgan fingerprint density at radius 3 is 2.67 bits per heavy atom. The number of nitrogens with zero attached hydrogens (tertiary/aromatic N) is 3. The predicted octanol–water partition coefficient (Wildman–Crippen LogP) is 3.49. The Hall–Kier alpha value is -5.34. The number of nitrogens with one attached hydrogen (secondary N) is 2. The van der Waals surface area contributed by atoms with E-state index in [0.717, 1.165) is 10.7 Å². The molecular formula is C33H28Cl2FN5O8.